The van der Waals surface area contributed by atoms with Gasteiger partial charge in [0.2, 0.25) is 5.91 Å². The number of nitrogens with one attached hydrogen (secondary N) is 1. The van der Waals surface area contributed by atoms with Crippen LogP contribution in [0, 0.1) is 11.3 Å². The summed E-state index contributed by atoms with van der Waals surface area (Å²) in [7, 11) is 0. The van der Waals surface area contributed by atoms with Crippen molar-refractivity contribution in [3.8, 4) is 0 Å². The summed E-state index contributed by atoms with van der Waals surface area (Å²) in [6.07, 6.45) is 2.01. The quantitative estimate of drug-likeness (QED) is 0.735. The number of anilines is 1. The molecule has 6 nitrogen and oxygen atoms in total. The zero-order valence-corrected chi connectivity index (χ0v) is 12.0. The van der Waals surface area contributed by atoms with Gasteiger partial charge in [0.1, 0.15) is 5.82 Å². The van der Waals surface area contributed by atoms with Crippen LogP contribution in [0.4, 0.5) is 5.82 Å². The summed E-state index contributed by atoms with van der Waals surface area (Å²) in [5.41, 5.74) is 5.44. The molecule has 0 bridgehead atoms. The highest BCUT2D eigenvalue weighted by molar-refractivity contribution is 5.93. The van der Waals surface area contributed by atoms with Gasteiger partial charge in [-0.3, -0.25) is 9.59 Å². The molecule has 1 atom stereocenters. The predicted octanol–water partition coefficient (Wildman–Crippen LogP) is 1.73. The normalized spacial score (nSPS) is 12.8. The fourth-order valence-corrected chi connectivity index (χ4v) is 1.89. The van der Waals surface area contributed by atoms with Crippen molar-refractivity contribution < 1.29 is 14.7 Å². The van der Waals surface area contributed by atoms with E-state index in [1.807, 2.05) is 20.8 Å². The lowest BCUT2D eigenvalue weighted by Crippen LogP contribution is -2.27. The molecule has 0 aliphatic heterocycles. The van der Waals surface area contributed by atoms with E-state index in [-0.39, 0.29) is 12.0 Å². The third-order valence-corrected chi connectivity index (χ3v) is 2.78. The second kappa shape index (κ2) is 6.36. The number of carboxylic acid groups (broad SMARTS) is 1. The fourth-order valence-electron chi connectivity index (χ4n) is 1.89. The number of primary amides is 1. The molecule has 0 saturated heterocycles. The molecule has 0 aliphatic rings. The molecule has 1 aromatic heterocycles. The van der Waals surface area contributed by atoms with Crippen LogP contribution in [0.15, 0.2) is 18.3 Å². The number of carbonyl (C=O) groups is 2. The Kier molecular flexibility index (Phi) is 5.07. The Morgan fingerprint density at radius 3 is 2.60 bits per heavy atom. The number of hydrogen-bond acceptors (Lipinski definition) is 4. The van der Waals surface area contributed by atoms with Crippen molar-refractivity contribution >= 4 is 17.7 Å². The molecule has 1 unspecified atom stereocenters. The second-order valence-electron chi connectivity index (χ2n) is 5.97. The van der Waals surface area contributed by atoms with Crippen LogP contribution < -0.4 is 11.1 Å². The Morgan fingerprint density at radius 1 is 1.45 bits per heavy atom. The smallest absolute Gasteiger partial charge is 0.308 e. The van der Waals surface area contributed by atoms with Gasteiger partial charge < -0.3 is 16.2 Å². The number of carbonyl (C=O) groups excluding carboxylic acids is 1. The van der Waals surface area contributed by atoms with Gasteiger partial charge in [-0.2, -0.15) is 0 Å². The van der Waals surface area contributed by atoms with E-state index in [1.54, 1.807) is 0 Å². The maximum Gasteiger partial charge on any atom is 0.308 e. The summed E-state index contributed by atoms with van der Waals surface area (Å²) in [5, 5.41) is 12.2. The van der Waals surface area contributed by atoms with E-state index in [9.17, 15) is 14.7 Å². The van der Waals surface area contributed by atoms with Gasteiger partial charge >= 0.3 is 5.97 Å². The molecule has 0 fully saturated rings. The molecule has 1 rings (SSSR count). The molecule has 0 aromatic carbocycles. The molecule has 4 N–H and O–H groups in total. The molecule has 0 spiro atoms. The van der Waals surface area contributed by atoms with Crippen LogP contribution in [-0.4, -0.2) is 28.5 Å². The van der Waals surface area contributed by atoms with E-state index < -0.39 is 17.8 Å². The number of aromatic nitrogens is 1. The van der Waals surface area contributed by atoms with Gasteiger partial charge in [0.05, 0.1) is 5.92 Å². The van der Waals surface area contributed by atoms with Crippen LogP contribution in [0.3, 0.4) is 0 Å². The number of aliphatic carboxylic acids is 1. The summed E-state index contributed by atoms with van der Waals surface area (Å²) >= 11 is 0. The van der Waals surface area contributed by atoms with E-state index in [0.717, 1.165) is 0 Å². The summed E-state index contributed by atoms with van der Waals surface area (Å²) in [5.74, 6) is -1.46. The Hall–Kier alpha value is -2.11. The number of rotatable bonds is 6. The van der Waals surface area contributed by atoms with Gasteiger partial charge in [0.15, 0.2) is 0 Å². The molecular weight excluding hydrogens is 258 g/mol. The molecule has 110 valence electrons. The van der Waals surface area contributed by atoms with E-state index in [0.29, 0.717) is 17.8 Å². The molecule has 1 aromatic rings. The van der Waals surface area contributed by atoms with Crippen molar-refractivity contribution in [1.82, 2.24) is 4.98 Å². The van der Waals surface area contributed by atoms with Crippen LogP contribution in [0.1, 0.15) is 37.6 Å². The first-order chi connectivity index (χ1) is 9.19. The molecule has 1 heterocycles. The number of nitrogens with zero attached hydrogens (tertiary/aromatic N) is 1. The minimum absolute atomic E-state index is 0.0762. The largest absolute Gasteiger partial charge is 0.481 e. The van der Waals surface area contributed by atoms with Gasteiger partial charge in [-0.05, 0) is 24.0 Å². The van der Waals surface area contributed by atoms with Crippen LogP contribution in [-0.2, 0) is 4.79 Å². The average Bonchev–Trinajstić information content (AvgIpc) is 2.33. The van der Waals surface area contributed by atoms with Crippen LogP contribution in [0.5, 0.6) is 0 Å². The van der Waals surface area contributed by atoms with Gasteiger partial charge in [0.25, 0.3) is 0 Å². The standard InChI is InChI=1S/C14H21N3O3/c1-14(2,3)7-10(13(19)20)8-17-11-6-9(12(15)18)4-5-16-11/h4-6,10H,7-8H2,1-3H3,(H2,15,18)(H,16,17)(H,19,20). The number of hydrogen-bond donors (Lipinski definition) is 3. The lowest BCUT2D eigenvalue weighted by molar-refractivity contribution is -0.142. The highest BCUT2D eigenvalue weighted by Crippen LogP contribution is 2.24. The van der Waals surface area contributed by atoms with Gasteiger partial charge in [-0.1, -0.05) is 20.8 Å². The van der Waals surface area contributed by atoms with E-state index in [1.165, 1.54) is 18.3 Å². The van der Waals surface area contributed by atoms with Gasteiger partial charge in [0, 0.05) is 18.3 Å². The first-order valence-corrected chi connectivity index (χ1v) is 6.41. The minimum atomic E-state index is -0.849. The monoisotopic (exact) mass is 279 g/mol. The number of pyridine rings is 1. The number of amides is 1. The summed E-state index contributed by atoms with van der Waals surface area (Å²) < 4.78 is 0. The summed E-state index contributed by atoms with van der Waals surface area (Å²) in [6, 6.07) is 3.02. The lowest BCUT2D eigenvalue weighted by Gasteiger charge is -2.23. The average molecular weight is 279 g/mol. The molecule has 1 amide bonds. The van der Waals surface area contributed by atoms with Crippen LogP contribution in [0.2, 0.25) is 0 Å². The molecule has 0 saturated carbocycles. The molecule has 0 radical (unpaired) electrons. The first-order valence-electron chi connectivity index (χ1n) is 6.41. The fraction of sp³-hybridized carbons (Fsp3) is 0.500. The Bertz CT molecular complexity index is 495. The zero-order chi connectivity index (χ0) is 15.3. The van der Waals surface area contributed by atoms with E-state index >= 15 is 0 Å². The predicted molar refractivity (Wildman–Crippen MR) is 76.4 cm³/mol. The van der Waals surface area contributed by atoms with Gasteiger partial charge in [-0.15, -0.1) is 0 Å². The molecule has 6 heteroatoms. The number of carboxylic acids is 1. The highest BCUT2D eigenvalue weighted by atomic mass is 16.4. The van der Waals surface area contributed by atoms with Crippen molar-refractivity contribution in [2.24, 2.45) is 17.1 Å². The summed E-state index contributed by atoms with van der Waals surface area (Å²) in [6.45, 7) is 6.24. The SMILES string of the molecule is CC(C)(C)CC(CNc1cc(C(N)=O)ccn1)C(=O)O. The van der Waals surface area contributed by atoms with Crippen molar-refractivity contribution in [2.75, 3.05) is 11.9 Å². The van der Waals surface area contributed by atoms with E-state index in [4.69, 9.17) is 5.73 Å². The Balaban J connectivity index is 2.70. The van der Waals surface area contributed by atoms with Crippen molar-refractivity contribution in [3.63, 3.8) is 0 Å². The third-order valence-electron chi connectivity index (χ3n) is 2.78. The highest BCUT2D eigenvalue weighted by Gasteiger charge is 2.24. The maximum atomic E-state index is 11.2. The lowest BCUT2D eigenvalue weighted by atomic mass is 9.84. The number of nitrogens with two attached hydrogens (primary N) is 1. The van der Waals surface area contributed by atoms with Crippen molar-refractivity contribution in [1.29, 1.82) is 0 Å². The Labute approximate surface area is 118 Å². The molecular formula is C14H21N3O3. The maximum absolute atomic E-state index is 11.2. The minimum Gasteiger partial charge on any atom is -0.481 e. The van der Waals surface area contributed by atoms with Crippen molar-refractivity contribution in [2.45, 2.75) is 27.2 Å². The third kappa shape index (κ3) is 5.26. The van der Waals surface area contributed by atoms with Crippen LogP contribution >= 0.6 is 0 Å². The second-order valence-corrected chi connectivity index (χ2v) is 5.97. The zero-order valence-electron chi connectivity index (χ0n) is 12.0. The van der Waals surface area contributed by atoms with Gasteiger partial charge in [-0.25, -0.2) is 4.98 Å². The first kappa shape index (κ1) is 15.9. The topological polar surface area (TPSA) is 105 Å². The Morgan fingerprint density at radius 2 is 2.10 bits per heavy atom. The van der Waals surface area contributed by atoms with Crippen LogP contribution in [0.25, 0.3) is 0 Å². The molecule has 20 heavy (non-hydrogen) atoms. The molecule has 0 aliphatic carbocycles. The van der Waals surface area contributed by atoms with Crippen molar-refractivity contribution in [3.05, 3.63) is 23.9 Å². The van der Waals surface area contributed by atoms with E-state index in [2.05, 4.69) is 10.3 Å². The summed E-state index contributed by atoms with van der Waals surface area (Å²) in [4.78, 5) is 26.3.